The second-order valence-electron chi connectivity index (χ2n) is 17.3. The summed E-state index contributed by atoms with van der Waals surface area (Å²) < 4.78 is 28.3. The highest BCUT2D eigenvalue weighted by Crippen LogP contribution is 2.44. The zero-order chi connectivity index (χ0) is 43.3. The van der Waals surface area contributed by atoms with Gasteiger partial charge in [0.05, 0.1) is 61.8 Å². The van der Waals surface area contributed by atoms with E-state index in [2.05, 4.69) is 61.3 Å². The molecule has 3 aromatic heterocycles. The van der Waals surface area contributed by atoms with E-state index in [0.29, 0.717) is 48.6 Å². The van der Waals surface area contributed by atoms with Crippen LogP contribution < -0.4 is 10.6 Å². The first-order valence-corrected chi connectivity index (χ1v) is 21.3. The Morgan fingerprint density at radius 3 is 2.20 bits per heavy atom. The van der Waals surface area contributed by atoms with E-state index in [1.807, 2.05) is 44.9 Å². The largest absolute Gasteiger partial charge is 0.453 e. The van der Waals surface area contributed by atoms with Crippen molar-refractivity contribution in [3.8, 4) is 33.8 Å². The minimum atomic E-state index is -0.926. The summed E-state index contributed by atoms with van der Waals surface area (Å²) in [5.41, 5.74) is 6.43. The van der Waals surface area contributed by atoms with Crippen molar-refractivity contribution >= 4 is 29.0 Å². The summed E-state index contributed by atoms with van der Waals surface area (Å²) in [6.07, 6.45) is 5.18. The zero-order valence-electron chi connectivity index (χ0n) is 35.8. The molecule has 0 radical (unpaired) electrons. The number of methoxy groups -OCH3 is 2. The van der Waals surface area contributed by atoms with Gasteiger partial charge >= 0.3 is 12.2 Å². The van der Waals surface area contributed by atoms with Crippen molar-refractivity contribution in [2.24, 2.45) is 11.8 Å². The second kappa shape index (κ2) is 17.0. The number of aromatic amines is 2. The molecule has 5 N–H and O–H groups in total. The molecule has 3 aliphatic heterocycles. The fourth-order valence-electron chi connectivity index (χ4n) is 9.63. The van der Waals surface area contributed by atoms with E-state index in [1.54, 1.807) is 17.2 Å². The molecular formula is C45H56FN9O6. The number of amides is 3. The average molecular weight is 838 g/mol. The van der Waals surface area contributed by atoms with Crippen LogP contribution in [0.4, 0.5) is 14.0 Å². The Bertz CT molecular complexity index is 2440. The number of benzene rings is 2. The number of halogens is 1. The van der Waals surface area contributed by atoms with E-state index >= 15 is 4.39 Å². The van der Waals surface area contributed by atoms with E-state index in [0.717, 1.165) is 58.5 Å². The van der Waals surface area contributed by atoms with E-state index < -0.39 is 30.5 Å². The lowest BCUT2D eigenvalue weighted by Gasteiger charge is -2.35. The van der Waals surface area contributed by atoms with Crippen LogP contribution in [0.1, 0.15) is 95.6 Å². The van der Waals surface area contributed by atoms with Crippen molar-refractivity contribution in [2.75, 3.05) is 27.3 Å². The van der Waals surface area contributed by atoms with Gasteiger partial charge < -0.3 is 44.6 Å². The third-order valence-electron chi connectivity index (χ3n) is 12.7. The van der Waals surface area contributed by atoms with E-state index in [-0.39, 0.29) is 41.7 Å². The normalized spacial score (nSPS) is 20.4. The predicted octanol–water partition coefficient (Wildman–Crippen LogP) is 7.22. The Labute approximate surface area is 354 Å². The molecule has 2 aromatic carbocycles. The van der Waals surface area contributed by atoms with Crippen molar-refractivity contribution in [1.82, 2.24) is 44.9 Å². The standard InChI is InChI=1S/C45H56FN9O6/c1-23(2)38(51-44(58)60-6)42(56)53-14-8-10-34(53)40-47-21-31(49-40)26-12-13-33-28(17-26)20-36-37-29(16-25(5)55(33)36)18-27(19-30(37)46)32-22-48-41(50-32)35-11-9-15-54(35)43(57)39(24(3)4)52-45(59)61-7/h12-13,17-25,34-35,38-39,42,56H,8-11,14-16H2,1-7H3,(H,47,49)(H,48,50)(H,51,58)(H,52,59). The highest BCUT2D eigenvalue weighted by atomic mass is 19.1. The number of fused-ring (bicyclic) bond motifs is 5. The molecule has 3 amide bonds. The van der Waals surface area contributed by atoms with Gasteiger partial charge in [0.15, 0.2) is 0 Å². The first-order valence-electron chi connectivity index (χ1n) is 21.3. The number of aromatic nitrogens is 5. The summed E-state index contributed by atoms with van der Waals surface area (Å²) in [5, 5.41) is 17.9. The maximum absolute atomic E-state index is 16.5. The van der Waals surface area contributed by atoms with E-state index in [4.69, 9.17) is 14.5 Å². The van der Waals surface area contributed by atoms with Gasteiger partial charge in [-0.3, -0.25) is 9.69 Å². The van der Waals surface area contributed by atoms with Crippen LogP contribution in [0.3, 0.4) is 0 Å². The molecule has 324 valence electrons. The summed E-state index contributed by atoms with van der Waals surface area (Å²) in [7, 11) is 2.59. The van der Waals surface area contributed by atoms with Crippen molar-refractivity contribution in [2.45, 2.75) is 103 Å². The van der Waals surface area contributed by atoms with Gasteiger partial charge in [-0.25, -0.2) is 23.9 Å². The number of aliphatic hydroxyl groups is 1. The average Bonchev–Trinajstić information content (AvgIpc) is 4.09. The third-order valence-corrected chi connectivity index (χ3v) is 12.7. The molecule has 61 heavy (non-hydrogen) atoms. The number of hydrogen-bond acceptors (Lipinski definition) is 9. The first kappa shape index (κ1) is 42.0. The Hall–Kier alpha value is -5.74. The molecule has 0 saturated carbocycles. The van der Waals surface area contributed by atoms with Crippen LogP contribution in [0.25, 0.3) is 44.7 Å². The van der Waals surface area contributed by atoms with Gasteiger partial charge in [0.1, 0.15) is 29.7 Å². The number of rotatable bonds is 11. The van der Waals surface area contributed by atoms with Gasteiger partial charge in [0.25, 0.3) is 0 Å². The van der Waals surface area contributed by atoms with Crippen LogP contribution in [0.5, 0.6) is 0 Å². The van der Waals surface area contributed by atoms with Gasteiger partial charge in [-0.1, -0.05) is 33.8 Å². The lowest BCUT2D eigenvalue weighted by molar-refractivity contribution is -0.135. The topological polar surface area (TPSA) is 183 Å². The van der Waals surface area contributed by atoms with Crippen molar-refractivity contribution < 1.29 is 33.4 Å². The van der Waals surface area contributed by atoms with Crippen LogP contribution >= 0.6 is 0 Å². The number of H-pyrrole nitrogens is 2. The fraction of sp³-hybridized carbons (Fsp3) is 0.489. The number of nitrogens with zero attached hydrogens (tertiary/aromatic N) is 5. The van der Waals surface area contributed by atoms with Crippen LogP contribution in [0.2, 0.25) is 0 Å². The summed E-state index contributed by atoms with van der Waals surface area (Å²) in [6, 6.07) is 10.2. The van der Waals surface area contributed by atoms with Crippen LogP contribution in [-0.2, 0) is 20.7 Å². The van der Waals surface area contributed by atoms with E-state index in [1.165, 1.54) is 14.2 Å². The number of aliphatic hydroxyl groups excluding tert-OH is 1. The SMILES string of the molecule is COC(=O)NC(C(=O)N1CCCC1c1ncc(-c2cc(F)c3c(c2)CC(C)n2c-3cc3cc(-c4cnc(C5CCCN5C(O)C(NC(=O)OC)C(C)C)[nH]4)ccc32)[nH]1)C(C)C. The number of alkyl carbamates (subject to hydrolysis) is 2. The molecule has 5 aromatic rings. The smallest absolute Gasteiger partial charge is 0.407 e. The Morgan fingerprint density at radius 1 is 0.852 bits per heavy atom. The molecule has 2 saturated heterocycles. The van der Waals surface area contributed by atoms with Gasteiger partial charge in [-0.15, -0.1) is 0 Å². The summed E-state index contributed by atoms with van der Waals surface area (Å²) in [6.45, 7) is 11.0. The number of ether oxygens (including phenoxy) is 2. The van der Waals surface area contributed by atoms with Gasteiger partial charge in [-0.05, 0) is 86.8 Å². The van der Waals surface area contributed by atoms with E-state index in [9.17, 15) is 19.5 Å². The number of carbonyl (C=O) groups excluding carboxylic acids is 3. The molecule has 6 heterocycles. The minimum Gasteiger partial charge on any atom is -0.453 e. The van der Waals surface area contributed by atoms with Crippen molar-refractivity contribution in [3.05, 3.63) is 71.8 Å². The van der Waals surface area contributed by atoms with Gasteiger partial charge in [0.2, 0.25) is 5.91 Å². The Morgan fingerprint density at radius 2 is 1.51 bits per heavy atom. The van der Waals surface area contributed by atoms with Crippen molar-refractivity contribution in [3.63, 3.8) is 0 Å². The number of imidazole rings is 2. The monoisotopic (exact) mass is 837 g/mol. The first-order chi connectivity index (χ1) is 29.3. The minimum absolute atomic E-state index is 0.0335. The number of carbonyl (C=O) groups is 3. The quantitative estimate of drug-likeness (QED) is 0.0917. The highest BCUT2D eigenvalue weighted by molar-refractivity contribution is 5.92. The number of nitrogens with one attached hydrogen (secondary N) is 4. The Balaban J connectivity index is 1.03. The third kappa shape index (κ3) is 7.87. The van der Waals surface area contributed by atoms with Crippen LogP contribution in [0.15, 0.2) is 48.8 Å². The second-order valence-corrected chi connectivity index (χ2v) is 17.3. The molecule has 0 aliphatic carbocycles. The molecule has 2 fully saturated rings. The summed E-state index contributed by atoms with van der Waals surface area (Å²) >= 11 is 0. The molecular weight excluding hydrogens is 782 g/mol. The molecule has 6 atom stereocenters. The zero-order valence-corrected chi connectivity index (χ0v) is 35.8. The molecule has 0 spiro atoms. The highest BCUT2D eigenvalue weighted by Gasteiger charge is 2.40. The maximum Gasteiger partial charge on any atom is 0.407 e. The predicted molar refractivity (Wildman–Crippen MR) is 228 cm³/mol. The molecule has 16 heteroatoms. The van der Waals surface area contributed by atoms with Crippen LogP contribution in [-0.4, -0.2) is 103 Å². The lowest BCUT2D eigenvalue weighted by Crippen LogP contribution is -2.54. The Kier molecular flexibility index (Phi) is 11.7. The molecule has 8 rings (SSSR count). The fourth-order valence-corrected chi connectivity index (χ4v) is 9.63. The van der Waals surface area contributed by atoms with Crippen molar-refractivity contribution in [1.29, 1.82) is 0 Å². The molecule has 3 aliphatic rings. The summed E-state index contributed by atoms with van der Waals surface area (Å²) in [4.78, 5) is 57.9. The maximum atomic E-state index is 16.5. The van der Waals surface area contributed by atoms with Gasteiger partial charge in [0, 0.05) is 46.7 Å². The molecule has 15 nitrogen and oxygen atoms in total. The summed E-state index contributed by atoms with van der Waals surface area (Å²) in [5.74, 6) is 0.674. The van der Waals surface area contributed by atoms with Gasteiger partial charge in [-0.2, -0.15) is 0 Å². The van der Waals surface area contributed by atoms with Crippen LogP contribution in [0, 0.1) is 17.7 Å². The molecule has 6 unspecified atom stereocenters. The lowest BCUT2D eigenvalue weighted by atomic mass is 9.91. The molecule has 0 bridgehead atoms. The number of hydrogen-bond donors (Lipinski definition) is 5. The number of likely N-dealkylation sites (tertiary alicyclic amines) is 2.